The van der Waals surface area contributed by atoms with Crippen molar-refractivity contribution >= 4 is 5.69 Å². The Bertz CT molecular complexity index is 266. The highest BCUT2D eigenvalue weighted by Gasteiger charge is 2.10. The van der Waals surface area contributed by atoms with Crippen molar-refractivity contribution in [2.75, 3.05) is 5.73 Å². The first-order valence-electron chi connectivity index (χ1n) is 4.60. The Morgan fingerprint density at radius 3 is 2.15 bits per heavy atom. The molecule has 0 spiro atoms. The van der Waals surface area contributed by atoms with Crippen molar-refractivity contribution in [1.29, 1.82) is 0 Å². The number of aliphatic hydroxyl groups excluding tert-OH is 1. The minimum atomic E-state index is -0.487. The molecule has 0 bridgehead atoms. The quantitative estimate of drug-likeness (QED) is 0.685. The predicted molar refractivity (Wildman–Crippen MR) is 55.6 cm³/mol. The summed E-state index contributed by atoms with van der Waals surface area (Å²) in [5.74, 6) is 0.402. The molecule has 13 heavy (non-hydrogen) atoms. The summed E-state index contributed by atoms with van der Waals surface area (Å²) in [4.78, 5) is 0. The fourth-order valence-corrected chi connectivity index (χ4v) is 1.47. The number of anilines is 1. The van der Waals surface area contributed by atoms with Crippen LogP contribution < -0.4 is 5.73 Å². The standard InChI is InChI=1S/C11H17NO/c1-7(2)9-5-4-6-10(8(3)13)11(9)12/h4-8,13H,12H2,1-3H3. The summed E-state index contributed by atoms with van der Waals surface area (Å²) in [6, 6.07) is 5.81. The second-order valence-electron chi connectivity index (χ2n) is 3.68. The average Bonchev–Trinajstić information content (AvgIpc) is 2.03. The molecule has 0 aromatic heterocycles. The summed E-state index contributed by atoms with van der Waals surface area (Å²) in [7, 11) is 0. The van der Waals surface area contributed by atoms with E-state index in [0.29, 0.717) is 5.92 Å². The molecular formula is C11H17NO. The molecule has 3 N–H and O–H groups in total. The average molecular weight is 179 g/mol. The number of hydrogen-bond acceptors (Lipinski definition) is 2. The summed E-state index contributed by atoms with van der Waals surface area (Å²) in [5.41, 5.74) is 8.59. The van der Waals surface area contributed by atoms with E-state index in [1.807, 2.05) is 18.2 Å². The smallest absolute Gasteiger partial charge is 0.0781 e. The van der Waals surface area contributed by atoms with Crippen LogP contribution in [0.5, 0.6) is 0 Å². The Balaban J connectivity index is 3.18. The van der Waals surface area contributed by atoms with E-state index in [1.165, 1.54) is 0 Å². The number of rotatable bonds is 2. The van der Waals surface area contributed by atoms with Gasteiger partial charge in [-0.2, -0.15) is 0 Å². The predicted octanol–water partition coefficient (Wildman–Crippen LogP) is 2.45. The highest BCUT2D eigenvalue weighted by molar-refractivity contribution is 5.55. The van der Waals surface area contributed by atoms with Crippen LogP contribution in [0.2, 0.25) is 0 Å². The summed E-state index contributed by atoms with van der Waals surface area (Å²) in [6.07, 6.45) is -0.487. The number of nitrogen functional groups attached to an aromatic ring is 1. The van der Waals surface area contributed by atoms with Gasteiger partial charge in [-0.1, -0.05) is 32.0 Å². The third kappa shape index (κ3) is 2.01. The van der Waals surface area contributed by atoms with Gasteiger partial charge in [0, 0.05) is 11.3 Å². The normalized spacial score (nSPS) is 13.3. The van der Waals surface area contributed by atoms with Crippen LogP contribution >= 0.6 is 0 Å². The SMILES string of the molecule is CC(C)c1cccc(C(C)O)c1N. The monoisotopic (exact) mass is 179 g/mol. The zero-order valence-corrected chi connectivity index (χ0v) is 8.41. The summed E-state index contributed by atoms with van der Waals surface area (Å²) >= 11 is 0. The van der Waals surface area contributed by atoms with Gasteiger partial charge in [-0.15, -0.1) is 0 Å². The Morgan fingerprint density at radius 2 is 1.69 bits per heavy atom. The van der Waals surface area contributed by atoms with Crippen LogP contribution in [0.25, 0.3) is 0 Å². The third-order valence-corrected chi connectivity index (χ3v) is 2.25. The van der Waals surface area contributed by atoms with Crippen LogP contribution in [0.4, 0.5) is 5.69 Å². The van der Waals surface area contributed by atoms with Gasteiger partial charge in [-0.25, -0.2) is 0 Å². The van der Waals surface area contributed by atoms with Crippen molar-refractivity contribution < 1.29 is 5.11 Å². The number of hydrogen-bond donors (Lipinski definition) is 2. The fraction of sp³-hybridized carbons (Fsp3) is 0.455. The van der Waals surface area contributed by atoms with Gasteiger partial charge >= 0.3 is 0 Å². The maximum absolute atomic E-state index is 9.43. The van der Waals surface area contributed by atoms with E-state index in [9.17, 15) is 5.11 Å². The van der Waals surface area contributed by atoms with Crippen molar-refractivity contribution in [3.8, 4) is 0 Å². The van der Waals surface area contributed by atoms with E-state index in [4.69, 9.17) is 5.73 Å². The topological polar surface area (TPSA) is 46.2 Å². The maximum atomic E-state index is 9.43. The van der Waals surface area contributed by atoms with E-state index in [0.717, 1.165) is 16.8 Å². The summed E-state index contributed by atoms with van der Waals surface area (Å²) in [5, 5.41) is 9.43. The number of para-hydroxylation sites is 1. The van der Waals surface area contributed by atoms with Crippen molar-refractivity contribution in [2.24, 2.45) is 0 Å². The van der Waals surface area contributed by atoms with E-state index < -0.39 is 6.10 Å². The highest BCUT2D eigenvalue weighted by Crippen LogP contribution is 2.28. The van der Waals surface area contributed by atoms with Crippen LogP contribution in [-0.4, -0.2) is 5.11 Å². The molecule has 1 atom stereocenters. The minimum Gasteiger partial charge on any atom is -0.398 e. The van der Waals surface area contributed by atoms with Gasteiger partial charge in [0.2, 0.25) is 0 Å². The number of aliphatic hydroxyl groups is 1. The first-order chi connectivity index (χ1) is 6.04. The number of benzene rings is 1. The van der Waals surface area contributed by atoms with Crippen molar-refractivity contribution in [2.45, 2.75) is 32.8 Å². The van der Waals surface area contributed by atoms with Gasteiger partial charge in [-0.3, -0.25) is 0 Å². The molecule has 0 heterocycles. The molecule has 1 aromatic rings. The molecular weight excluding hydrogens is 162 g/mol. The van der Waals surface area contributed by atoms with Crippen LogP contribution in [-0.2, 0) is 0 Å². The Labute approximate surface area is 79.4 Å². The van der Waals surface area contributed by atoms with Crippen LogP contribution in [0.3, 0.4) is 0 Å². The lowest BCUT2D eigenvalue weighted by molar-refractivity contribution is 0.200. The van der Waals surface area contributed by atoms with Crippen molar-refractivity contribution in [3.63, 3.8) is 0 Å². The molecule has 0 aliphatic rings. The molecule has 0 amide bonds. The second kappa shape index (κ2) is 3.79. The van der Waals surface area contributed by atoms with Gasteiger partial charge < -0.3 is 10.8 Å². The number of nitrogens with two attached hydrogens (primary N) is 1. The first-order valence-corrected chi connectivity index (χ1v) is 4.60. The van der Waals surface area contributed by atoms with E-state index in [2.05, 4.69) is 13.8 Å². The van der Waals surface area contributed by atoms with Crippen LogP contribution in [0, 0.1) is 0 Å². The second-order valence-corrected chi connectivity index (χ2v) is 3.68. The molecule has 2 nitrogen and oxygen atoms in total. The highest BCUT2D eigenvalue weighted by atomic mass is 16.3. The van der Waals surface area contributed by atoms with Gasteiger partial charge in [0.15, 0.2) is 0 Å². The van der Waals surface area contributed by atoms with E-state index in [1.54, 1.807) is 6.92 Å². The first kappa shape index (κ1) is 10.1. The molecule has 1 unspecified atom stereocenters. The molecule has 0 radical (unpaired) electrons. The fourth-order valence-electron chi connectivity index (χ4n) is 1.47. The minimum absolute atomic E-state index is 0.402. The van der Waals surface area contributed by atoms with Crippen molar-refractivity contribution in [3.05, 3.63) is 29.3 Å². The third-order valence-electron chi connectivity index (χ3n) is 2.25. The maximum Gasteiger partial charge on any atom is 0.0781 e. The van der Waals surface area contributed by atoms with Crippen molar-refractivity contribution in [1.82, 2.24) is 0 Å². The molecule has 1 rings (SSSR count). The Morgan fingerprint density at radius 1 is 1.15 bits per heavy atom. The zero-order chi connectivity index (χ0) is 10.0. The Hall–Kier alpha value is -1.02. The zero-order valence-electron chi connectivity index (χ0n) is 8.41. The van der Waals surface area contributed by atoms with Gasteiger partial charge in [0.05, 0.1) is 6.10 Å². The molecule has 0 saturated carbocycles. The lowest BCUT2D eigenvalue weighted by Crippen LogP contribution is -2.03. The van der Waals surface area contributed by atoms with Crippen LogP contribution in [0.15, 0.2) is 18.2 Å². The molecule has 1 aromatic carbocycles. The van der Waals surface area contributed by atoms with E-state index in [-0.39, 0.29) is 0 Å². The molecule has 0 saturated heterocycles. The molecule has 72 valence electrons. The Kier molecular flexibility index (Phi) is 2.94. The molecule has 0 fully saturated rings. The molecule has 0 aliphatic heterocycles. The molecule has 0 aliphatic carbocycles. The molecule has 2 heteroatoms. The largest absolute Gasteiger partial charge is 0.398 e. The lowest BCUT2D eigenvalue weighted by atomic mass is 9.96. The van der Waals surface area contributed by atoms with Gasteiger partial charge in [-0.05, 0) is 18.4 Å². The summed E-state index contributed by atoms with van der Waals surface area (Å²) in [6.45, 7) is 5.92. The lowest BCUT2D eigenvalue weighted by Gasteiger charge is -2.14. The summed E-state index contributed by atoms with van der Waals surface area (Å²) < 4.78 is 0. The van der Waals surface area contributed by atoms with Gasteiger partial charge in [0.25, 0.3) is 0 Å². The van der Waals surface area contributed by atoms with Gasteiger partial charge in [0.1, 0.15) is 0 Å². The van der Waals surface area contributed by atoms with E-state index >= 15 is 0 Å². The van der Waals surface area contributed by atoms with Crippen LogP contribution in [0.1, 0.15) is 43.9 Å².